The molecule has 1 saturated heterocycles. The minimum Gasteiger partial charge on any atom is -0.436 e. The van der Waals surface area contributed by atoms with Gasteiger partial charge in [0.15, 0.2) is 17.3 Å². The molecule has 9 nitrogen and oxygen atoms in total. The molecule has 1 aromatic heterocycles. The number of halogens is 1. The number of carbonyl (C=O) groups is 1. The average molecular weight is 440 g/mol. The van der Waals surface area contributed by atoms with Crippen LogP contribution in [0.15, 0.2) is 48.5 Å². The number of nitrogens with one attached hydrogen (secondary N) is 1. The molecule has 1 atom stereocenters. The molecule has 0 bridgehead atoms. The number of non-ortho nitro benzene ring substituents is 1. The second-order valence-corrected chi connectivity index (χ2v) is 7.35. The van der Waals surface area contributed by atoms with Gasteiger partial charge in [0.05, 0.1) is 22.8 Å². The Morgan fingerprint density at radius 3 is 2.78 bits per heavy atom. The van der Waals surface area contributed by atoms with Gasteiger partial charge in [-0.2, -0.15) is 9.78 Å². The van der Waals surface area contributed by atoms with Gasteiger partial charge in [0.25, 0.3) is 11.6 Å². The Morgan fingerprint density at radius 1 is 1.34 bits per heavy atom. The van der Waals surface area contributed by atoms with Crippen molar-refractivity contribution in [1.29, 1.82) is 0 Å². The molecule has 3 aromatic rings. The molecule has 0 spiro atoms. The first kappa shape index (κ1) is 21.4. The number of nitrogens with zero attached hydrogens (tertiary/aromatic N) is 3. The van der Waals surface area contributed by atoms with Crippen LogP contribution in [-0.2, 0) is 4.74 Å². The maximum Gasteiger partial charge on any atom is 0.272 e. The summed E-state index contributed by atoms with van der Waals surface area (Å²) in [6.45, 7) is 2.69. The Kier molecular flexibility index (Phi) is 6.13. The van der Waals surface area contributed by atoms with Crippen molar-refractivity contribution in [2.75, 3.05) is 13.2 Å². The molecular weight excluding hydrogens is 419 g/mol. The van der Waals surface area contributed by atoms with Crippen LogP contribution in [-0.4, -0.2) is 39.9 Å². The number of benzene rings is 2. The number of para-hydroxylation sites is 1. The number of amides is 1. The van der Waals surface area contributed by atoms with Gasteiger partial charge in [0.1, 0.15) is 0 Å². The third kappa shape index (κ3) is 4.45. The predicted molar refractivity (Wildman–Crippen MR) is 113 cm³/mol. The van der Waals surface area contributed by atoms with Crippen LogP contribution in [0.25, 0.3) is 5.69 Å². The number of rotatable bonds is 7. The minimum atomic E-state index is -0.899. The summed E-state index contributed by atoms with van der Waals surface area (Å²) in [6.07, 6.45) is 1.81. The van der Waals surface area contributed by atoms with Crippen LogP contribution in [0.2, 0.25) is 0 Å². The van der Waals surface area contributed by atoms with Gasteiger partial charge in [-0.25, -0.2) is 4.39 Å². The van der Waals surface area contributed by atoms with E-state index in [1.54, 1.807) is 31.2 Å². The van der Waals surface area contributed by atoms with Crippen LogP contribution in [0, 0.1) is 22.9 Å². The van der Waals surface area contributed by atoms with Crippen LogP contribution >= 0.6 is 0 Å². The van der Waals surface area contributed by atoms with Gasteiger partial charge in [-0.05, 0) is 38.0 Å². The van der Waals surface area contributed by atoms with Crippen molar-refractivity contribution in [3.63, 3.8) is 0 Å². The number of aromatic nitrogens is 2. The van der Waals surface area contributed by atoms with Gasteiger partial charge in [0, 0.05) is 24.8 Å². The summed E-state index contributed by atoms with van der Waals surface area (Å²) in [6, 6.07) is 12.0. The lowest BCUT2D eigenvalue weighted by atomic mass is 10.2. The lowest BCUT2D eigenvalue weighted by Gasteiger charge is -2.10. The standard InChI is InChI=1S/C22H21FN4O5/c1-14-20(21(28)24-13-17-8-5-11-31-17)25-26(15-6-3-2-4-7-15)22(14)32-19-10-9-16(27(29)30)12-18(19)23/h2-4,6-7,9-10,12,17H,5,8,11,13H2,1H3,(H,24,28). The van der Waals surface area contributed by atoms with Gasteiger partial charge in [-0.3, -0.25) is 14.9 Å². The summed E-state index contributed by atoms with van der Waals surface area (Å²) in [5.41, 5.74) is 0.740. The SMILES string of the molecule is Cc1c(C(=O)NCC2CCCO2)nn(-c2ccccc2)c1Oc1ccc([N+](=O)[O-])cc1F. The zero-order valence-electron chi connectivity index (χ0n) is 17.3. The minimum absolute atomic E-state index is 0.0274. The number of nitro groups is 1. The molecular formula is C22H21FN4O5. The van der Waals surface area contributed by atoms with E-state index in [4.69, 9.17) is 9.47 Å². The van der Waals surface area contributed by atoms with E-state index in [0.29, 0.717) is 24.4 Å². The molecule has 0 aliphatic carbocycles. The smallest absolute Gasteiger partial charge is 0.272 e. The lowest BCUT2D eigenvalue weighted by molar-refractivity contribution is -0.385. The quantitative estimate of drug-likeness (QED) is 0.441. The molecule has 2 aromatic carbocycles. The van der Waals surface area contributed by atoms with Crippen LogP contribution in [0.1, 0.15) is 28.9 Å². The van der Waals surface area contributed by atoms with Crippen molar-refractivity contribution in [2.45, 2.75) is 25.9 Å². The van der Waals surface area contributed by atoms with Crippen LogP contribution in [0.4, 0.5) is 10.1 Å². The number of hydrogen-bond acceptors (Lipinski definition) is 6. The summed E-state index contributed by atoms with van der Waals surface area (Å²) in [4.78, 5) is 23.0. The fourth-order valence-corrected chi connectivity index (χ4v) is 3.45. The molecule has 1 aliphatic rings. The number of ether oxygens (including phenoxy) is 2. The zero-order chi connectivity index (χ0) is 22.7. The highest BCUT2D eigenvalue weighted by molar-refractivity contribution is 5.94. The highest BCUT2D eigenvalue weighted by atomic mass is 19.1. The summed E-state index contributed by atoms with van der Waals surface area (Å²) in [5.74, 6) is -1.39. The Balaban J connectivity index is 1.67. The second kappa shape index (κ2) is 9.15. The van der Waals surface area contributed by atoms with E-state index in [9.17, 15) is 19.3 Å². The van der Waals surface area contributed by atoms with E-state index in [1.165, 1.54) is 10.7 Å². The maximum atomic E-state index is 14.5. The fraction of sp³-hybridized carbons (Fsp3) is 0.273. The third-order valence-electron chi connectivity index (χ3n) is 5.13. The number of carbonyl (C=O) groups excluding carboxylic acids is 1. The van der Waals surface area contributed by atoms with Crippen molar-refractivity contribution < 1.29 is 23.6 Å². The van der Waals surface area contributed by atoms with Gasteiger partial charge < -0.3 is 14.8 Å². The van der Waals surface area contributed by atoms with Crippen LogP contribution in [0.5, 0.6) is 11.6 Å². The zero-order valence-corrected chi connectivity index (χ0v) is 17.3. The van der Waals surface area contributed by atoms with Gasteiger partial charge in [0.2, 0.25) is 5.88 Å². The Hall–Kier alpha value is -3.79. The van der Waals surface area contributed by atoms with E-state index in [1.807, 2.05) is 6.07 Å². The lowest BCUT2D eigenvalue weighted by Crippen LogP contribution is -2.32. The molecule has 0 radical (unpaired) electrons. The predicted octanol–water partition coefficient (Wildman–Crippen LogP) is 3.93. The molecule has 1 N–H and O–H groups in total. The normalized spacial score (nSPS) is 15.5. The largest absolute Gasteiger partial charge is 0.436 e. The van der Waals surface area contributed by atoms with Crippen LogP contribution in [0.3, 0.4) is 0 Å². The Morgan fingerprint density at radius 2 is 2.12 bits per heavy atom. The van der Waals surface area contributed by atoms with Crippen molar-refractivity contribution in [3.8, 4) is 17.3 Å². The van der Waals surface area contributed by atoms with E-state index >= 15 is 0 Å². The van der Waals surface area contributed by atoms with Gasteiger partial charge in [-0.1, -0.05) is 18.2 Å². The molecule has 32 heavy (non-hydrogen) atoms. The molecule has 10 heteroatoms. The summed E-state index contributed by atoms with van der Waals surface area (Å²) in [7, 11) is 0. The first-order valence-corrected chi connectivity index (χ1v) is 10.1. The van der Waals surface area contributed by atoms with Crippen LogP contribution < -0.4 is 10.1 Å². The topological polar surface area (TPSA) is 109 Å². The van der Waals surface area contributed by atoms with Crippen molar-refractivity contribution >= 4 is 11.6 Å². The molecule has 0 saturated carbocycles. The van der Waals surface area contributed by atoms with E-state index in [-0.39, 0.29) is 23.4 Å². The van der Waals surface area contributed by atoms with Gasteiger partial charge >= 0.3 is 0 Å². The van der Waals surface area contributed by atoms with E-state index in [2.05, 4.69) is 10.4 Å². The third-order valence-corrected chi connectivity index (χ3v) is 5.13. The molecule has 2 heterocycles. The summed E-state index contributed by atoms with van der Waals surface area (Å²) < 4.78 is 27.2. The first-order chi connectivity index (χ1) is 15.4. The molecule has 1 aliphatic heterocycles. The number of nitro benzene ring substituents is 1. The molecule has 1 unspecified atom stereocenters. The summed E-state index contributed by atoms with van der Waals surface area (Å²) in [5, 5.41) is 18.1. The van der Waals surface area contributed by atoms with Crippen molar-refractivity contribution in [2.24, 2.45) is 0 Å². The van der Waals surface area contributed by atoms with Crippen molar-refractivity contribution in [1.82, 2.24) is 15.1 Å². The summed E-state index contributed by atoms with van der Waals surface area (Å²) >= 11 is 0. The fourth-order valence-electron chi connectivity index (χ4n) is 3.45. The first-order valence-electron chi connectivity index (χ1n) is 10.1. The van der Waals surface area contributed by atoms with Gasteiger partial charge in [-0.15, -0.1) is 0 Å². The molecule has 1 fully saturated rings. The van der Waals surface area contributed by atoms with Crippen molar-refractivity contribution in [3.05, 3.63) is 75.7 Å². The second-order valence-electron chi connectivity index (χ2n) is 7.35. The number of hydrogen-bond donors (Lipinski definition) is 1. The Bertz CT molecular complexity index is 1140. The van der Waals surface area contributed by atoms with E-state index < -0.39 is 22.3 Å². The average Bonchev–Trinajstić information content (AvgIpc) is 3.42. The van der Waals surface area contributed by atoms with E-state index in [0.717, 1.165) is 25.0 Å². The molecule has 1 amide bonds. The Labute approximate surface area is 182 Å². The molecule has 4 rings (SSSR count). The highest BCUT2D eigenvalue weighted by Crippen LogP contribution is 2.32. The molecule has 166 valence electrons. The monoisotopic (exact) mass is 440 g/mol. The highest BCUT2D eigenvalue weighted by Gasteiger charge is 2.25. The maximum absolute atomic E-state index is 14.5.